The molecule has 5 aromatic carbocycles. The fourth-order valence-corrected chi connectivity index (χ4v) is 7.12. The summed E-state index contributed by atoms with van der Waals surface area (Å²) in [6.45, 7) is 14.0. The van der Waals surface area contributed by atoms with Crippen LogP contribution in [0.2, 0.25) is 0 Å². The Morgan fingerprint density at radius 2 is 1.21 bits per heavy atom. The second-order valence-electron chi connectivity index (χ2n) is 14.4. The van der Waals surface area contributed by atoms with Gasteiger partial charge in [0, 0.05) is 0 Å². The molecule has 3 heteroatoms. The van der Waals surface area contributed by atoms with Gasteiger partial charge in [0.25, 0.3) is 0 Å². The minimum absolute atomic E-state index is 0. The average molecular weight is 744 g/mol. The van der Waals surface area contributed by atoms with Crippen molar-refractivity contribution in [3.05, 3.63) is 182 Å². The van der Waals surface area contributed by atoms with E-state index >= 15 is 0 Å². The zero-order chi connectivity index (χ0) is 31.3. The first-order valence-corrected chi connectivity index (χ1v) is 16.2. The Morgan fingerprint density at radius 3 is 1.71 bits per heavy atom. The first kappa shape index (κ1) is 37.6. The minimum Gasteiger partial charge on any atom is -1.00 e. The fourth-order valence-electron chi connectivity index (χ4n) is 7.12. The van der Waals surface area contributed by atoms with E-state index in [-0.39, 0.29) is 61.8 Å². The molecule has 0 fully saturated rings. The van der Waals surface area contributed by atoms with Crippen molar-refractivity contribution in [2.45, 2.75) is 58.8 Å². The number of benzene rings is 5. The van der Waals surface area contributed by atoms with Crippen LogP contribution in [0.1, 0.15) is 81.3 Å². The van der Waals surface area contributed by atoms with Gasteiger partial charge in [0.1, 0.15) is 0 Å². The maximum atomic E-state index is 4.04. The van der Waals surface area contributed by atoms with Crippen LogP contribution in [-0.4, -0.2) is 0 Å². The molecule has 0 amide bonds. The number of fused-ring (bicyclic) bond motifs is 2. The zero-order valence-electron chi connectivity index (χ0n) is 28.6. The Bertz CT molecular complexity index is 2180. The van der Waals surface area contributed by atoms with E-state index in [1.807, 2.05) is 0 Å². The largest absolute Gasteiger partial charge is 3.00 e. The quantitative estimate of drug-likeness (QED) is 0.241. The van der Waals surface area contributed by atoms with Gasteiger partial charge in [0.15, 0.2) is 0 Å². The maximum absolute atomic E-state index is 4.04. The monoisotopic (exact) mass is 741 g/mol. The van der Waals surface area contributed by atoms with Gasteiger partial charge in [-0.3, -0.25) is 0 Å². The van der Waals surface area contributed by atoms with Crippen molar-refractivity contribution in [2.75, 3.05) is 0 Å². The van der Waals surface area contributed by atoms with Crippen LogP contribution in [0.15, 0.2) is 127 Å². The van der Waals surface area contributed by atoms with E-state index in [1.165, 1.54) is 76.5 Å². The van der Waals surface area contributed by atoms with E-state index in [0.717, 1.165) is 6.42 Å². The van der Waals surface area contributed by atoms with E-state index in [9.17, 15) is 0 Å². The molecule has 0 atom stereocenters. The van der Waals surface area contributed by atoms with Crippen molar-refractivity contribution in [3.8, 4) is 11.1 Å². The number of hydrogen-bond acceptors (Lipinski definition) is 0. The Labute approximate surface area is 317 Å². The number of rotatable bonds is 4. The van der Waals surface area contributed by atoms with Crippen molar-refractivity contribution in [1.29, 1.82) is 0 Å². The molecule has 0 aromatic heterocycles. The van der Waals surface area contributed by atoms with Crippen LogP contribution in [-0.2, 0) is 37.0 Å². The predicted octanol–water partition coefficient (Wildman–Crippen LogP) is 3.85. The van der Waals surface area contributed by atoms with Crippen molar-refractivity contribution in [2.24, 2.45) is 0 Å². The van der Waals surface area contributed by atoms with Crippen molar-refractivity contribution in [1.82, 2.24) is 0 Å². The third-order valence-corrected chi connectivity index (χ3v) is 9.19. The number of halogens is 2. The van der Waals surface area contributed by atoms with Gasteiger partial charge >= 0.3 is 26.2 Å². The van der Waals surface area contributed by atoms with Crippen molar-refractivity contribution in [3.63, 3.8) is 0 Å². The van der Waals surface area contributed by atoms with Gasteiger partial charge < -0.3 is 24.8 Å². The second kappa shape index (κ2) is 14.7. The summed E-state index contributed by atoms with van der Waals surface area (Å²) >= 11 is 0. The summed E-state index contributed by atoms with van der Waals surface area (Å²) in [5.74, 6) is 0. The Balaban J connectivity index is 0.00000173. The normalized spacial score (nSPS) is 12.8. The average Bonchev–Trinajstić information content (AvgIpc) is 3.70. The van der Waals surface area contributed by atoms with Crippen LogP contribution < -0.4 is 35.3 Å². The second-order valence-corrected chi connectivity index (χ2v) is 14.4. The first-order valence-electron chi connectivity index (χ1n) is 16.2. The molecular formula is C45H41Cl2Zr. The predicted molar refractivity (Wildman–Crippen MR) is 191 cm³/mol. The van der Waals surface area contributed by atoms with Gasteiger partial charge in [-0.25, -0.2) is 0 Å². The molecule has 0 bridgehead atoms. The molecule has 7 rings (SSSR count). The van der Waals surface area contributed by atoms with E-state index in [4.69, 9.17) is 0 Å². The molecule has 0 nitrogen and oxygen atoms in total. The number of allylic oxidation sites excluding steroid dienone is 4. The molecule has 0 unspecified atom stereocenters. The van der Waals surface area contributed by atoms with Crippen LogP contribution in [0.3, 0.4) is 0 Å². The van der Waals surface area contributed by atoms with Gasteiger partial charge in [-0.2, -0.15) is 0 Å². The molecular weight excluding hydrogens is 703 g/mol. The van der Waals surface area contributed by atoms with Gasteiger partial charge in [-0.1, -0.05) is 190 Å². The third kappa shape index (κ3) is 6.80. The molecule has 2 aliphatic carbocycles. The Kier molecular flexibility index (Phi) is 11.5. The molecule has 0 heterocycles. The summed E-state index contributed by atoms with van der Waals surface area (Å²) in [5, 5.41) is 5.05. The maximum Gasteiger partial charge on any atom is 3.00 e. The molecule has 1 radical (unpaired) electrons. The molecule has 0 aliphatic heterocycles. The van der Waals surface area contributed by atoms with Crippen LogP contribution in [0.4, 0.5) is 0 Å². The molecule has 0 saturated carbocycles. The van der Waals surface area contributed by atoms with Crippen LogP contribution in [0.25, 0.3) is 28.3 Å². The molecule has 0 saturated heterocycles. The summed E-state index contributed by atoms with van der Waals surface area (Å²) in [4.78, 5) is 0. The van der Waals surface area contributed by atoms with E-state index < -0.39 is 0 Å². The summed E-state index contributed by atoms with van der Waals surface area (Å²) in [6, 6.07) is 40.1. The van der Waals surface area contributed by atoms with Crippen molar-refractivity contribution >= 4 is 17.2 Å². The molecule has 239 valence electrons. The molecule has 2 aliphatic rings. The number of hydrogen-bond donors (Lipinski definition) is 0. The van der Waals surface area contributed by atoms with E-state index in [2.05, 4.69) is 175 Å². The standard InChI is InChI=1S/C45H41.2ClH.Zr/c1-44(2,3)35-26-27-36-34(28-35)29-37-39(32-24-16-17-25-32)43(45(4,5)6)40(33-22-14-9-15-23-33)42(41(36)37)38(30-18-10-7-11-19-30)31-20-12-8-13-21-31;;;/h7-24,26-28H,25H2,1-6H3;2*1H;/q-1;;;+3/p-2. The summed E-state index contributed by atoms with van der Waals surface area (Å²) in [6.07, 6.45) is 11.8. The topological polar surface area (TPSA) is 0 Å². The molecule has 0 N–H and O–H groups in total. The van der Waals surface area contributed by atoms with Gasteiger partial charge in [-0.05, 0) is 50.3 Å². The smallest absolute Gasteiger partial charge is 1.00 e. The molecule has 0 spiro atoms. The first-order chi connectivity index (χ1) is 21.6. The summed E-state index contributed by atoms with van der Waals surface area (Å²) in [5.41, 5.74) is 12.8. The SMILES string of the molecule is CC(C)(C)c1ccc2c(c1)=[C-]c1c(C3=CC=CC3)c(C(C)(C)C)c(-c3ccccc3)c(=C(c3ccccc3)c3ccccc3)c1=2.[Cl-].[Cl-].[Zr+3]. The third-order valence-electron chi connectivity index (χ3n) is 9.19. The van der Waals surface area contributed by atoms with Gasteiger partial charge in [0.05, 0.1) is 0 Å². The van der Waals surface area contributed by atoms with E-state index in [0.29, 0.717) is 0 Å². The van der Waals surface area contributed by atoms with Gasteiger partial charge in [0.2, 0.25) is 0 Å². The minimum atomic E-state index is -0.140. The van der Waals surface area contributed by atoms with Crippen LogP contribution >= 0.6 is 0 Å². The summed E-state index contributed by atoms with van der Waals surface area (Å²) < 4.78 is 0. The zero-order valence-corrected chi connectivity index (χ0v) is 32.6. The van der Waals surface area contributed by atoms with E-state index in [1.54, 1.807) is 0 Å². The Hall–Kier alpha value is -3.22. The van der Waals surface area contributed by atoms with Crippen LogP contribution in [0, 0.1) is 10.4 Å². The van der Waals surface area contributed by atoms with Gasteiger partial charge in [-0.15, -0.1) is 28.1 Å². The van der Waals surface area contributed by atoms with Crippen molar-refractivity contribution < 1.29 is 51.0 Å². The summed E-state index contributed by atoms with van der Waals surface area (Å²) in [7, 11) is 0. The molecule has 5 aromatic rings. The van der Waals surface area contributed by atoms with Crippen LogP contribution in [0.5, 0.6) is 0 Å². The fraction of sp³-hybridized carbons (Fsp3) is 0.200. The molecule has 48 heavy (non-hydrogen) atoms. The Morgan fingerprint density at radius 1 is 0.646 bits per heavy atom.